The zero-order valence-corrected chi connectivity index (χ0v) is 5.44. The molecule has 1 saturated heterocycles. The number of epoxide rings is 1. The highest BCUT2D eigenvalue weighted by Gasteiger charge is 2.39. The third-order valence-electron chi connectivity index (χ3n) is 1.25. The molecule has 1 heterocycles. The minimum atomic E-state index is 0.0794. The Bertz CT molecular complexity index is 76.6. The van der Waals surface area contributed by atoms with E-state index in [0.717, 1.165) is 19.8 Å². The Hall–Kier alpha value is -0.0800. The quantitative estimate of drug-likeness (QED) is 0.509. The molecule has 2 nitrogen and oxygen atoms in total. The first-order chi connectivity index (χ1) is 3.77. The van der Waals surface area contributed by atoms with E-state index < -0.39 is 0 Å². The predicted octanol–water partition coefficient (Wildman–Crippen LogP) is 0.812. The van der Waals surface area contributed by atoms with Gasteiger partial charge in [0.1, 0.15) is 5.60 Å². The van der Waals surface area contributed by atoms with Crippen LogP contribution in [0.3, 0.4) is 0 Å². The highest BCUT2D eigenvalue weighted by atomic mass is 16.6. The van der Waals surface area contributed by atoms with Gasteiger partial charge >= 0.3 is 0 Å². The first kappa shape index (κ1) is 6.05. The van der Waals surface area contributed by atoms with E-state index in [0.29, 0.717) is 0 Å². The Balaban J connectivity index is 2.01. The predicted molar refractivity (Wildman–Crippen MR) is 30.8 cm³/mol. The Morgan fingerprint density at radius 3 is 2.75 bits per heavy atom. The van der Waals surface area contributed by atoms with Crippen LogP contribution in [-0.2, 0) is 9.47 Å². The van der Waals surface area contributed by atoms with Gasteiger partial charge in [-0.1, -0.05) is 0 Å². The summed E-state index contributed by atoms with van der Waals surface area (Å²) in [6.07, 6.45) is 0. The molecule has 0 saturated carbocycles. The van der Waals surface area contributed by atoms with E-state index in [9.17, 15) is 0 Å². The molecule has 0 amide bonds. The largest absolute Gasteiger partial charge is 0.379 e. The molecule has 0 radical (unpaired) electrons. The van der Waals surface area contributed by atoms with Gasteiger partial charge in [0.25, 0.3) is 0 Å². The lowest BCUT2D eigenvalue weighted by Gasteiger charge is -2.02. The molecule has 1 aliphatic heterocycles. The second-order valence-corrected chi connectivity index (χ2v) is 2.38. The summed E-state index contributed by atoms with van der Waals surface area (Å²) in [5.74, 6) is 0. The van der Waals surface area contributed by atoms with E-state index in [2.05, 4.69) is 6.92 Å². The van der Waals surface area contributed by atoms with Crippen molar-refractivity contribution < 1.29 is 9.47 Å². The monoisotopic (exact) mass is 116 g/mol. The molecule has 8 heavy (non-hydrogen) atoms. The van der Waals surface area contributed by atoms with Gasteiger partial charge in [0.2, 0.25) is 0 Å². The van der Waals surface area contributed by atoms with Crippen LogP contribution in [0, 0.1) is 0 Å². The maximum atomic E-state index is 5.14. The fraction of sp³-hybridized carbons (Fsp3) is 1.00. The molecule has 1 atom stereocenters. The lowest BCUT2D eigenvalue weighted by molar-refractivity contribution is 0.0947. The maximum absolute atomic E-state index is 5.14. The Kier molecular flexibility index (Phi) is 1.54. The van der Waals surface area contributed by atoms with Crippen molar-refractivity contribution in [3.05, 3.63) is 0 Å². The SMILES string of the molecule is CCOCC1(C)CO1. The van der Waals surface area contributed by atoms with Crippen LogP contribution >= 0.6 is 0 Å². The molecular weight excluding hydrogens is 104 g/mol. The molecule has 2 heteroatoms. The third-order valence-corrected chi connectivity index (χ3v) is 1.25. The Labute approximate surface area is 49.8 Å². The Morgan fingerprint density at radius 1 is 1.75 bits per heavy atom. The molecule has 48 valence electrons. The summed E-state index contributed by atoms with van der Waals surface area (Å²) in [5.41, 5.74) is 0.0794. The number of rotatable bonds is 3. The summed E-state index contributed by atoms with van der Waals surface area (Å²) < 4.78 is 10.2. The van der Waals surface area contributed by atoms with Gasteiger partial charge in [0.15, 0.2) is 0 Å². The van der Waals surface area contributed by atoms with Crippen molar-refractivity contribution in [1.82, 2.24) is 0 Å². The van der Waals surface area contributed by atoms with Crippen LogP contribution in [0.2, 0.25) is 0 Å². The molecule has 0 aliphatic carbocycles. The first-order valence-corrected chi connectivity index (χ1v) is 2.98. The zero-order chi connectivity index (χ0) is 6.04. The fourth-order valence-corrected chi connectivity index (χ4v) is 0.524. The highest BCUT2D eigenvalue weighted by molar-refractivity contribution is 4.86. The van der Waals surface area contributed by atoms with Crippen LogP contribution < -0.4 is 0 Å². The van der Waals surface area contributed by atoms with Crippen molar-refractivity contribution in [2.45, 2.75) is 19.4 Å². The van der Waals surface area contributed by atoms with E-state index in [1.807, 2.05) is 6.92 Å². The summed E-state index contributed by atoms with van der Waals surface area (Å²) in [5, 5.41) is 0. The van der Waals surface area contributed by atoms with Crippen LogP contribution in [0.5, 0.6) is 0 Å². The second kappa shape index (κ2) is 2.03. The summed E-state index contributed by atoms with van der Waals surface area (Å²) in [6.45, 7) is 6.46. The lowest BCUT2D eigenvalue weighted by Crippen LogP contribution is -2.13. The summed E-state index contributed by atoms with van der Waals surface area (Å²) in [6, 6.07) is 0. The second-order valence-electron chi connectivity index (χ2n) is 2.38. The smallest absolute Gasteiger partial charge is 0.112 e. The van der Waals surface area contributed by atoms with Crippen molar-refractivity contribution >= 4 is 0 Å². The molecule has 0 aromatic heterocycles. The minimum Gasteiger partial charge on any atom is -0.379 e. The molecule has 0 bridgehead atoms. The Morgan fingerprint density at radius 2 is 2.38 bits per heavy atom. The van der Waals surface area contributed by atoms with Gasteiger partial charge in [-0.25, -0.2) is 0 Å². The molecule has 1 fully saturated rings. The summed E-state index contributed by atoms with van der Waals surface area (Å²) in [7, 11) is 0. The van der Waals surface area contributed by atoms with Gasteiger partial charge in [-0.15, -0.1) is 0 Å². The molecular formula is C6H12O2. The molecule has 0 N–H and O–H groups in total. The van der Waals surface area contributed by atoms with Gasteiger partial charge in [-0.05, 0) is 13.8 Å². The number of hydrogen-bond acceptors (Lipinski definition) is 2. The van der Waals surface area contributed by atoms with Crippen molar-refractivity contribution in [1.29, 1.82) is 0 Å². The van der Waals surface area contributed by atoms with Crippen molar-refractivity contribution in [2.75, 3.05) is 19.8 Å². The van der Waals surface area contributed by atoms with E-state index >= 15 is 0 Å². The van der Waals surface area contributed by atoms with Gasteiger partial charge < -0.3 is 9.47 Å². The van der Waals surface area contributed by atoms with E-state index in [1.165, 1.54) is 0 Å². The van der Waals surface area contributed by atoms with Gasteiger partial charge in [0, 0.05) is 6.61 Å². The van der Waals surface area contributed by atoms with Crippen molar-refractivity contribution in [3.63, 3.8) is 0 Å². The standard InChI is InChI=1S/C6H12O2/c1-3-7-4-6(2)5-8-6/h3-5H2,1-2H3. The average Bonchev–Trinajstić information content (AvgIpc) is 2.45. The van der Waals surface area contributed by atoms with Crippen LogP contribution in [0.25, 0.3) is 0 Å². The molecule has 0 aromatic carbocycles. The molecule has 0 spiro atoms. The van der Waals surface area contributed by atoms with Gasteiger partial charge in [0.05, 0.1) is 13.2 Å². The van der Waals surface area contributed by atoms with Crippen molar-refractivity contribution in [3.8, 4) is 0 Å². The molecule has 1 rings (SSSR count). The molecule has 0 aromatic rings. The van der Waals surface area contributed by atoms with Gasteiger partial charge in [-0.2, -0.15) is 0 Å². The first-order valence-electron chi connectivity index (χ1n) is 2.98. The summed E-state index contributed by atoms with van der Waals surface area (Å²) in [4.78, 5) is 0. The maximum Gasteiger partial charge on any atom is 0.112 e. The van der Waals surface area contributed by atoms with E-state index in [1.54, 1.807) is 0 Å². The average molecular weight is 116 g/mol. The topological polar surface area (TPSA) is 21.8 Å². The fourth-order valence-electron chi connectivity index (χ4n) is 0.524. The lowest BCUT2D eigenvalue weighted by atomic mass is 10.2. The highest BCUT2D eigenvalue weighted by Crippen LogP contribution is 2.25. The van der Waals surface area contributed by atoms with Crippen LogP contribution in [0.15, 0.2) is 0 Å². The zero-order valence-electron chi connectivity index (χ0n) is 5.44. The minimum absolute atomic E-state index is 0.0794. The van der Waals surface area contributed by atoms with Gasteiger partial charge in [-0.3, -0.25) is 0 Å². The molecule has 1 unspecified atom stereocenters. The van der Waals surface area contributed by atoms with Crippen LogP contribution in [-0.4, -0.2) is 25.4 Å². The third kappa shape index (κ3) is 1.46. The molecule has 1 aliphatic rings. The summed E-state index contributed by atoms with van der Waals surface area (Å²) >= 11 is 0. The van der Waals surface area contributed by atoms with E-state index in [4.69, 9.17) is 9.47 Å². The van der Waals surface area contributed by atoms with Crippen LogP contribution in [0.1, 0.15) is 13.8 Å². The van der Waals surface area contributed by atoms with E-state index in [-0.39, 0.29) is 5.60 Å². The normalized spacial score (nSPS) is 35.2. The number of hydrogen-bond donors (Lipinski definition) is 0. The van der Waals surface area contributed by atoms with Crippen molar-refractivity contribution in [2.24, 2.45) is 0 Å². The number of ether oxygens (including phenoxy) is 2. The van der Waals surface area contributed by atoms with Crippen LogP contribution in [0.4, 0.5) is 0 Å².